The van der Waals surface area contributed by atoms with E-state index in [-0.39, 0.29) is 16.5 Å². The van der Waals surface area contributed by atoms with Crippen LogP contribution >= 0.6 is 34.7 Å². The molecule has 1 aliphatic rings. The van der Waals surface area contributed by atoms with Gasteiger partial charge in [0.25, 0.3) is 0 Å². The van der Waals surface area contributed by atoms with Gasteiger partial charge in [-0.05, 0) is 48.9 Å². The first-order chi connectivity index (χ1) is 15.1. The van der Waals surface area contributed by atoms with Gasteiger partial charge in [-0.3, -0.25) is 4.79 Å². The van der Waals surface area contributed by atoms with E-state index >= 15 is 0 Å². The largest absolute Gasteiger partial charge is 0.416 e. The highest BCUT2D eigenvalue weighted by Gasteiger charge is 2.31. The minimum Gasteiger partial charge on any atom is -0.324 e. The molecule has 0 fully saturated rings. The number of amides is 1. The molecule has 1 aromatic carbocycles. The number of anilines is 1. The van der Waals surface area contributed by atoms with Crippen LogP contribution in [0, 0.1) is 5.92 Å². The van der Waals surface area contributed by atoms with Gasteiger partial charge in [0.15, 0.2) is 11.0 Å². The Morgan fingerprint density at radius 3 is 2.91 bits per heavy atom. The number of carbonyl (C=O) groups is 1. The van der Waals surface area contributed by atoms with Crippen LogP contribution in [0.1, 0.15) is 29.3 Å². The molecular formula is C21H20ClF3N4OS2. The van der Waals surface area contributed by atoms with Crippen LogP contribution in [0.5, 0.6) is 0 Å². The van der Waals surface area contributed by atoms with Crippen LogP contribution < -0.4 is 5.32 Å². The lowest BCUT2D eigenvalue weighted by atomic mass is 9.88. The number of thiophene rings is 1. The molecule has 4 rings (SSSR count). The second kappa shape index (κ2) is 9.07. The molecule has 11 heteroatoms. The Balaban J connectivity index is 1.44. The highest BCUT2D eigenvalue weighted by atomic mass is 35.5. The first-order valence-electron chi connectivity index (χ1n) is 9.92. The van der Waals surface area contributed by atoms with Gasteiger partial charge in [-0.2, -0.15) is 13.2 Å². The third kappa shape index (κ3) is 4.82. The summed E-state index contributed by atoms with van der Waals surface area (Å²) in [6.45, 7) is 2.26. The predicted octanol–water partition coefficient (Wildman–Crippen LogP) is 6.07. The lowest BCUT2D eigenvalue weighted by Gasteiger charge is -2.18. The van der Waals surface area contributed by atoms with Crippen LogP contribution in [0.3, 0.4) is 0 Å². The Kier molecular flexibility index (Phi) is 6.56. The standard InChI is InChI=1S/C21H20ClF3N4OS2/c1-11-3-5-13-14(9-31-17(13)7-11)19-27-28-20(29(19)2)32-10-18(30)26-16-8-12(21(23,24)25)4-6-15(16)22/h4,6,8-9,11H,3,5,7,10H2,1-2H3,(H,26,30). The lowest BCUT2D eigenvalue weighted by molar-refractivity contribution is -0.137. The van der Waals surface area contributed by atoms with Crippen LogP contribution in [0.25, 0.3) is 11.4 Å². The Bertz CT molecular complexity index is 1160. The molecule has 1 amide bonds. The summed E-state index contributed by atoms with van der Waals surface area (Å²) < 4.78 is 40.6. The highest BCUT2D eigenvalue weighted by molar-refractivity contribution is 7.99. The lowest BCUT2D eigenvalue weighted by Crippen LogP contribution is -2.16. The average molecular weight is 501 g/mol. The minimum absolute atomic E-state index is 0.0360. The molecule has 5 nitrogen and oxygen atoms in total. The third-order valence-electron chi connectivity index (χ3n) is 5.38. The summed E-state index contributed by atoms with van der Waals surface area (Å²) in [6.07, 6.45) is -1.27. The van der Waals surface area contributed by atoms with Gasteiger partial charge in [0.2, 0.25) is 5.91 Å². The minimum atomic E-state index is -4.52. The van der Waals surface area contributed by atoms with Crippen LogP contribution in [-0.2, 0) is 30.9 Å². The maximum atomic E-state index is 12.9. The number of benzene rings is 1. The Morgan fingerprint density at radius 2 is 2.16 bits per heavy atom. The molecule has 0 saturated carbocycles. The molecule has 1 unspecified atom stereocenters. The van der Waals surface area contributed by atoms with E-state index in [4.69, 9.17) is 11.6 Å². The van der Waals surface area contributed by atoms with E-state index in [9.17, 15) is 18.0 Å². The SMILES string of the molecule is CC1CCc2c(-c3nnc(SCC(=O)Nc4cc(C(F)(F)F)ccc4Cl)n3C)csc2C1. The van der Waals surface area contributed by atoms with Crippen molar-refractivity contribution < 1.29 is 18.0 Å². The normalized spacial score (nSPS) is 16.1. The molecule has 0 aliphatic heterocycles. The van der Waals surface area contributed by atoms with Gasteiger partial charge in [0, 0.05) is 22.9 Å². The molecule has 0 spiro atoms. The number of nitrogens with zero attached hydrogens (tertiary/aromatic N) is 3. The zero-order chi connectivity index (χ0) is 23.0. The van der Waals surface area contributed by atoms with Crippen molar-refractivity contribution in [1.82, 2.24) is 14.8 Å². The van der Waals surface area contributed by atoms with Gasteiger partial charge >= 0.3 is 6.18 Å². The quantitative estimate of drug-likeness (QED) is 0.432. The fraction of sp³-hybridized carbons (Fsp3) is 0.381. The number of rotatable bonds is 5. The number of fused-ring (bicyclic) bond motifs is 1. The molecule has 170 valence electrons. The maximum Gasteiger partial charge on any atom is 0.416 e. The van der Waals surface area contributed by atoms with E-state index in [2.05, 4.69) is 27.8 Å². The molecular weight excluding hydrogens is 481 g/mol. The number of aromatic nitrogens is 3. The first-order valence-corrected chi connectivity index (χ1v) is 12.2. The third-order valence-corrected chi connectivity index (χ3v) is 7.78. The number of thioether (sulfide) groups is 1. The fourth-order valence-electron chi connectivity index (χ4n) is 3.65. The molecule has 1 N–H and O–H groups in total. The molecule has 0 saturated heterocycles. The van der Waals surface area contributed by atoms with Crippen molar-refractivity contribution in [3.05, 3.63) is 44.6 Å². The van der Waals surface area contributed by atoms with Crippen molar-refractivity contribution in [2.45, 2.75) is 37.5 Å². The van der Waals surface area contributed by atoms with Crippen LogP contribution in [0.4, 0.5) is 18.9 Å². The molecule has 1 aliphatic carbocycles. The van der Waals surface area contributed by atoms with E-state index in [1.165, 1.54) is 10.4 Å². The molecule has 0 bridgehead atoms. The fourth-order valence-corrected chi connectivity index (χ4v) is 5.77. The van der Waals surface area contributed by atoms with Crippen LogP contribution in [0.2, 0.25) is 5.02 Å². The zero-order valence-electron chi connectivity index (χ0n) is 17.3. The second-order valence-corrected chi connectivity index (χ2v) is 10.1. The molecule has 2 heterocycles. The number of alkyl halides is 3. The van der Waals surface area contributed by atoms with Crippen molar-refractivity contribution in [2.75, 3.05) is 11.1 Å². The van der Waals surface area contributed by atoms with Gasteiger partial charge in [-0.1, -0.05) is 30.3 Å². The maximum absolute atomic E-state index is 12.9. The van der Waals surface area contributed by atoms with E-state index in [0.717, 1.165) is 60.6 Å². The van der Waals surface area contributed by atoms with Crippen molar-refractivity contribution >= 4 is 46.3 Å². The topological polar surface area (TPSA) is 59.8 Å². The summed E-state index contributed by atoms with van der Waals surface area (Å²) >= 11 is 8.85. The van der Waals surface area contributed by atoms with Gasteiger partial charge in [0.1, 0.15) is 0 Å². The van der Waals surface area contributed by atoms with Crippen molar-refractivity contribution in [3.8, 4) is 11.4 Å². The van der Waals surface area contributed by atoms with Gasteiger partial charge < -0.3 is 9.88 Å². The number of halogens is 4. The molecule has 3 aromatic rings. The van der Waals surface area contributed by atoms with E-state index in [0.29, 0.717) is 11.1 Å². The van der Waals surface area contributed by atoms with Gasteiger partial charge in [-0.25, -0.2) is 0 Å². The Labute approximate surface area is 196 Å². The summed E-state index contributed by atoms with van der Waals surface area (Å²) in [5.74, 6) is 0.907. The monoisotopic (exact) mass is 500 g/mol. The summed E-state index contributed by atoms with van der Waals surface area (Å²) in [6, 6.07) is 2.81. The van der Waals surface area contributed by atoms with Crippen molar-refractivity contribution in [1.29, 1.82) is 0 Å². The summed E-state index contributed by atoms with van der Waals surface area (Å²) in [5, 5.41) is 13.7. The van der Waals surface area contributed by atoms with Gasteiger partial charge in [-0.15, -0.1) is 21.5 Å². The van der Waals surface area contributed by atoms with E-state index in [1.54, 1.807) is 11.3 Å². The summed E-state index contributed by atoms with van der Waals surface area (Å²) in [4.78, 5) is 13.7. The Hall–Kier alpha value is -2.04. The van der Waals surface area contributed by atoms with Gasteiger partial charge in [0.05, 0.1) is 22.0 Å². The highest BCUT2D eigenvalue weighted by Crippen LogP contribution is 2.38. The molecule has 1 atom stereocenters. The molecule has 0 radical (unpaired) electrons. The van der Waals surface area contributed by atoms with Crippen molar-refractivity contribution in [2.24, 2.45) is 13.0 Å². The van der Waals surface area contributed by atoms with Crippen LogP contribution in [-0.4, -0.2) is 26.4 Å². The number of hydrogen-bond acceptors (Lipinski definition) is 5. The predicted molar refractivity (Wildman–Crippen MR) is 121 cm³/mol. The number of nitrogens with one attached hydrogen (secondary N) is 1. The number of hydrogen-bond donors (Lipinski definition) is 1. The van der Waals surface area contributed by atoms with E-state index < -0.39 is 17.6 Å². The number of carbonyl (C=O) groups excluding carboxylic acids is 1. The summed E-state index contributed by atoms with van der Waals surface area (Å²) in [7, 11) is 1.84. The smallest absolute Gasteiger partial charge is 0.324 e. The zero-order valence-corrected chi connectivity index (χ0v) is 19.7. The molecule has 32 heavy (non-hydrogen) atoms. The summed E-state index contributed by atoms with van der Waals surface area (Å²) in [5.41, 5.74) is 1.46. The van der Waals surface area contributed by atoms with Crippen LogP contribution in [0.15, 0.2) is 28.7 Å². The Morgan fingerprint density at radius 1 is 1.38 bits per heavy atom. The first kappa shape index (κ1) is 23.1. The average Bonchev–Trinajstić information content (AvgIpc) is 3.29. The van der Waals surface area contributed by atoms with E-state index in [1.807, 2.05) is 11.6 Å². The van der Waals surface area contributed by atoms with Crippen molar-refractivity contribution in [3.63, 3.8) is 0 Å². The second-order valence-electron chi connectivity index (χ2n) is 7.79. The molecule has 2 aromatic heterocycles.